The monoisotopic (exact) mass is 343 g/mol. The molecule has 0 aliphatic heterocycles. The highest BCUT2D eigenvalue weighted by Gasteiger charge is 2.22. The molecular weight excluding hydrogens is 322 g/mol. The molecule has 132 valence electrons. The van der Waals surface area contributed by atoms with Crippen molar-refractivity contribution >= 4 is 17.5 Å². The molecule has 2 heterocycles. The smallest absolute Gasteiger partial charge is 0.263 e. The Bertz CT molecular complexity index is 835. The van der Waals surface area contributed by atoms with Crippen molar-refractivity contribution < 1.29 is 9.59 Å². The summed E-state index contributed by atoms with van der Waals surface area (Å²) in [5.74, 6) is -0.214. The van der Waals surface area contributed by atoms with Crippen LogP contribution in [0.1, 0.15) is 30.1 Å². The van der Waals surface area contributed by atoms with Crippen LogP contribution in [0.25, 0.3) is 0 Å². The number of aromatic nitrogens is 3. The molecule has 0 spiro atoms. The maximum Gasteiger partial charge on any atom is 0.263 e. The molecule has 0 atom stereocenters. The molecule has 25 heavy (non-hydrogen) atoms. The lowest BCUT2D eigenvalue weighted by molar-refractivity contribution is -0.116. The SMILES string of the molecule is CCn1cc(NC(=O)Cn2cccc(C(=O)NCC3CC3)c2=O)cn1. The van der Waals surface area contributed by atoms with E-state index in [0.717, 1.165) is 12.8 Å². The summed E-state index contributed by atoms with van der Waals surface area (Å²) in [7, 11) is 0. The second kappa shape index (κ2) is 7.33. The molecule has 8 heteroatoms. The number of nitrogens with one attached hydrogen (secondary N) is 2. The van der Waals surface area contributed by atoms with E-state index in [4.69, 9.17) is 0 Å². The van der Waals surface area contributed by atoms with Crippen LogP contribution in [-0.4, -0.2) is 32.7 Å². The normalized spacial score (nSPS) is 13.5. The fourth-order valence-electron chi connectivity index (χ4n) is 2.44. The molecule has 0 unspecified atom stereocenters. The zero-order chi connectivity index (χ0) is 17.8. The van der Waals surface area contributed by atoms with Gasteiger partial charge >= 0.3 is 0 Å². The number of carbonyl (C=O) groups is 2. The van der Waals surface area contributed by atoms with E-state index in [1.807, 2.05) is 6.92 Å². The van der Waals surface area contributed by atoms with Crippen LogP contribution in [0.2, 0.25) is 0 Å². The highest BCUT2D eigenvalue weighted by molar-refractivity contribution is 5.94. The molecule has 2 aromatic rings. The number of aryl methyl sites for hydroxylation is 1. The lowest BCUT2D eigenvalue weighted by Gasteiger charge is -2.08. The standard InChI is InChI=1S/C17H21N5O3/c1-2-22-10-13(9-19-22)20-15(23)11-21-7-3-4-14(17(21)25)16(24)18-8-12-5-6-12/h3-4,7,9-10,12H,2,5-6,8,11H2,1H3,(H,18,24)(H,20,23). The summed E-state index contributed by atoms with van der Waals surface area (Å²) in [4.78, 5) is 36.7. The molecule has 1 fully saturated rings. The number of rotatable bonds is 7. The summed E-state index contributed by atoms with van der Waals surface area (Å²) in [6, 6.07) is 3.07. The Kier molecular flexibility index (Phi) is 4.97. The fraction of sp³-hybridized carbons (Fsp3) is 0.412. The van der Waals surface area contributed by atoms with Gasteiger partial charge in [-0.25, -0.2) is 0 Å². The summed E-state index contributed by atoms with van der Waals surface area (Å²) in [6.07, 6.45) is 6.99. The molecule has 1 saturated carbocycles. The van der Waals surface area contributed by atoms with Crippen molar-refractivity contribution in [2.75, 3.05) is 11.9 Å². The number of anilines is 1. The third-order valence-electron chi connectivity index (χ3n) is 4.07. The van der Waals surface area contributed by atoms with Crippen molar-refractivity contribution in [3.8, 4) is 0 Å². The molecule has 2 N–H and O–H groups in total. The van der Waals surface area contributed by atoms with Gasteiger partial charge in [-0.1, -0.05) is 0 Å². The van der Waals surface area contributed by atoms with E-state index in [1.165, 1.54) is 16.8 Å². The minimum absolute atomic E-state index is 0.0507. The summed E-state index contributed by atoms with van der Waals surface area (Å²) in [6.45, 7) is 3.07. The second-order valence-electron chi connectivity index (χ2n) is 6.14. The summed E-state index contributed by atoms with van der Waals surface area (Å²) in [5.41, 5.74) is 0.142. The highest BCUT2D eigenvalue weighted by Crippen LogP contribution is 2.27. The quantitative estimate of drug-likeness (QED) is 0.778. The molecule has 0 aromatic carbocycles. The number of nitrogens with zero attached hydrogens (tertiary/aromatic N) is 3. The van der Waals surface area contributed by atoms with Crippen LogP contribution < -0.4 is 16.2 Å². The Hall–Kier alpha value is -2.90. The highest BCUT2D eigenvalue weighted by atomic mass is 16.2. The molecule has 1 aliphatic carbocycles. The molecule has 1 aliphatic rings. The van der Waals surface area contributed by atoms with Crippen molar-refractivity contribution in [1.82, 2.24) is 19.7 Å². The van der Waals surface area contributed by atoms with Gasteiger partial charge in [-0.2, -0.15) is 5.10 Å². The first-order valence-electron chi connectivity index (χ1n) is 8.36. The summed E-state index contributed by atoms with van der Waals surface area (Å²) < 4.78 is 2.91. The van der Waals surface area contributed by atoms with Crippen LogP contribution in [0.3, 0.4) is 0 Å². The zero-order valence-electron chi connectivity index (χ0n) is 14.1. The molecule has 8 nitrogen and oxygen atoms in total. The van der Waals surface area contributed by atoms with Gasteiger partial charge in [-0.05, 0) is 37.8 Å². The van der Waals surface area contributed by atoms with Gasteiger partial charge in [0.1, 0.15) is 12.1 Å². The Morgan fingerprint density at radius 1 is 1.36 bits per heavy atom. The van der Waals surface area contributed by atoms with Gasteiger partial charge in [-0.15, -0.1) is 0 Å². The third-order valence-corrected chi connectivity index (χ3v) is 4.07. The maximum atomic E-state index is 12.4. The predicted octanol–water partition coefficient (Wildman–Crippen LogP) is 0.843. The number of pyridine rings is 1. The molecule has 2 amide bonds. The van der Waals surface area contributed by atoms with Crippen LogP contribution in [0, 0.1) is 5.92 Å². The first-order valence-corrected chi connectivity index (χ1v) is 8.36. The van der Waals surface area contributed by atoms with Gasteiger partial charge in [0, 0.05) is 25.5 Å². The second-order valence-corrected chi connectivity index (χ2v) is 6.14. The average Bonchev–Trinajstić information content (AvgIpc) is 3.32. The van der Waals surface area contributed by atoms with Crippen LogP contribution in [0.4, 0.5) is 5.69 Å². The topological polar surface area (TPSA) is 98.0 Å². The minimum Gasteiger partial charge on any atom is -0.352 e. The first kappa shape index (κ1) is 16.9. The van der Waals surface area contributed by atoms with Crippen molar-refractivity contribution in [2.45, 2.75) is 32.9 Å². The molecule has 3 rings (SSSR count). The Morgan fingerprint density at radius 2 is 2.16 bits per heavy atom. The molecule has 0 bridgehead atoms. The average molecular weight is 343 g/mol. The van der Waals surface area contributed by atoms with Crippen molar-refractivity contribution in [3.63, 3.8) is 0 Å². The van der Waals surface area contributed by atoms with E-state index in [0.29, 0.717) is 24.7 Å². The largest absolute Gasteiger partial charge is 0.352 e. The molecule has 0 radical (unpaired) electrons. The fourth-order valence-corrected chi connectivity index (χ4v) is 2.44. The van der Waals surface area contributed by atoms with Gasteiger partial charge in [0.05, 0.1) is 11.9 Å². The number of carbonyl (C=O) groups excluding carboxylic acids is 2. The van der Waals surface area contributed by atoms with E-state index in [1.54, 1.807) is 23.1 Å². The Morgan fingerprint density at radius 3 is 2.84 bits per heavy atom. The molecule has 0 saturated heterocycles. The van der Waals surface area contributed by atoms with Gasteiger partial charge in [-0.3, -0.25) is 19.1 Å². The van der Waals surface area contributed by atoms with Gasteiger partial charge in [0.15, 0.2) is 0 Å². The van der Waals surface area contributed by atoms with Crippen molar-refractivity contribution in [2.24, 2.45) is 5.92 Å². The van der Waals surface area contributed by atoms with Gasteiger partial charge in [0.2, 0.25) is 5.91 Å². The Balaban J connectivity index is 1.65. The van der Waals surface area contributed by atoms with E-state index in [2.05, 4.69) is 15.7 Å². The van der Waals surface area contributed by atoms with E-state index in [9.17, 15) is 14.4 Å². The van der Waals surface area contributed by atoms with Gasteiger partial charge in [0.25, 0.3) is 11.5 Å². The van der Waals surface area contributed by atoms with E-state index in [-0.39, 0.29) is 18.0 Å². The summed E-state index contributed by atoms with van der Waals surface area (Å²) in [5, 5.41) is 9.52. The lowest BCUT2D eigenvalue weighted by Crippen LogP contribution is -2.35. The first-order chi connectivity index (χ1) is 12.1. The summed E-state index contributed by atoms with van der Waals surface area (Å²) >= 11 is 0. The maximum absolute atomic E-state index is 12.4. The van der Waals surface area contributed by atoms with Crippen LogP contribution in [-0.2, 0) is 17.9 Å². The van der Waals surface area contributed by atoms with Crippen LogP contribution in [0.15, 0.2) is 35.5 Å². The van der Waals surface area contributed by atoms with E-state index >= 15 is 0 Å². The third kappa shape index (κ3) is 4.34. The molecular formula is C17H21N5O3. The Labute approximate surface area is 144 Å². The van der Waals surface area contributed by atoms with Gasteiger partial charge < -0.3 is 15.2 Å². The molecule has 2 aromatic heterocycles. The predicted molar refractivity (Wildman–Crippen MR) is 92.3 cm³/mol. The lowest BCUT2D eigenvalue weighted by atomic mass is 10.2. The van der Waals surface area contributed by atoms with Crippen molar-refractivity contribution in [3.05, 3.63) is 46.6 Å². The zero-order valence-corrected chi connectivity index (χ0v) is 14.1. The number of hydrogen-bond acceptors (Lipinski definition) is 4. The number of amides is 2. The van der Waals surface area contributed by atoms with E-state index < -0.39 is 11.5 Å². The van der Waals surface area contributed by atoms with Crippen LogP contribution >= 0.6 is 0 Å². The van der Waals surface area contributed by atoms with Crippen molar-refractivity contribution in [1.29, 1.82) is 0 Å². The van der Waals surface area contributed by atoms with Crippen LogP contribution in [0.5, 0.6) is 0 Å². The minimum atomic E-state index is -0.477. The number of hydrogen-bond donors (Lipinski definition) is 2.